The Balaban J connectivity index is 3.09. The molecule has 0 atom stereocenters. The first-order chi connectivity index (χ1) is 8.86. The van der Waals surface area contributed by atoms with Crippen LogP contribution in [0.3, 0.4) is 0 Å². The van der Waals surface area contributed by atoms with E-state index < -0.39 is 10.0 Å². The Labute approximate surface area is 114 Å². The predicted molar refractivity (Wildman–Crippen MR) is 73.4 cm³/mol. The van der Waals surface area contributed by atoms with Gasteiger partial charge in [-0.15, -0.1) is 6.58 Å². The van der Waals surface area contributed by atoms with Crippen molar-refractivity contribution in [1.29, 1.82) is 0 Å². The van der Waals surface area contributed by atoms with E-state index in [0.717, 1.165) is 6.42 Å². The zero-order chi connectivity index (χ0) is 14.6. The third-order valence-electron chi connectivity index (χ3n) is 3.03. The third-order valence-corrected chi connectivity index (χ3v) is 5.09. The first-order valence-corrected chi connectivity index (χ1v) is 7.57. The summed E-state index contributed by atoms with van der Waals surface area (Å²) in [5, 5.41) is 9.32. The maximum Gasteiger partial charge on any atom is 0.246 e. The van der Waals surface area contributed by atoms with Crippen molar-refractivity contribution in [1.82, 2.24) is 4.31 Å². The highest BCUT2D eigenvalue weighted by molar-refractivity contribution is 7.89. The van der Waals surface area contributed by atoms with Gasteiger partial charge in [-0.25, -0.2) is 12.7 Å². The summed E-state index contributed by atoms with van der Waals surface area (Å²) in [7, 11) is -2.10. The van der Waals surface area contributed by atoms with E-state index >= 15 is 0 Å². The molecule has 0 fully saturated rings. The van der Waals surface area contributed by atoms with Gasteiger partial charge in [-0.1, -0.05) is 6.08 Å². The lowest BCUT2D eigenvalue weighted by Crippen LogP contribution is -2.29. The molecule has 0 aliphatic rings. The number of aryl methyl sites for hydroxylation is 2. The molecule has 108 valence electrons. The zero-order valence-corrected chi connectivity index (χ0v) is 12.5. The van der Waals surface area contributed by atoms with Gasteiger partial charge in [0.2, 0.25) is 10.0 Å². The van der Waals surface area contributed by atoms with Crippen LogP contribution < -0.4 is 0 Å². The summed E-state index contributed by atoms with van der Waals surface area (Å²) in [6, 6.07) is 0. The van der Waals surface area contributed by atoms with Crippen LogP contribution in [0.25, 0.3) is 0 Å². The van der Waals surface area contributed by atoms with Crippen LogP contribution in [-0.2, 0) is 16.6 Å². The topological polar surface area (TPSA) is 70.8 Å². The van der Waals surface area contributed by atoms with Crippen molar-refractivity contribution in [2.24, 2.45) is 0 Å². The van der Waals surface area contributed by atoms with E-state index in [9.17, 15) is 13.5 Å². The number of sulfonamides is 1. The fraction of sp³-hybridized carbons (Fsp3) is 0.538. The number of rotatable bonds is 7. The molecule has 19 heavy (non-hydrogen) atoms. The Kier molecular flexibility index (Phi) is 5.34. The molecule has 1 N–H and O–H groups in total. The van der Waals surface area contributed by atoms with E-state index in [4.69, 9.17) is 4.42 Å². The molecule has 1 aromatic heterocycles. The standard InChI is InChI=1S/C13H21NO4S/c1-5-6-7-8-14(4)19(16,17)13-11(3)18-10(2)12(13)9-15/h5,15H,1,6-9H2,2-4H3. The van der Waals surface area contributed by atoms with Crippen molar-refractivity contribution < 1.29 is 17.9 Å². The van der Waals surface area contributed by atoms with Crippen molar-refractivity contribution in [3.8, 4) is 0 Å². The Morgan fingerprint density at radius 3 is 2.53 bits per heavy atom. The highest BCUT2D eigenvalue weighted by Crippen LogP contribution is 2.28. The molecule has 0 amide bonds. The van der Waals surface area contributed by atoms with Crippen LogP contribution >= 0.6 is 0 Å². The largest absolute Gasteiger partial charge is 0.465 e. The van der Waals surface area contributed by atoms with Crippen LogP contribution in [0.5, 0.6) is 0 Å². The van der Waals surface area contributed by atoms with E-state index in [1.165, 1.54) is 11.4 Å². The van der Waals surface area contributed by atoms with Crippen LogP contribution in [-0.4, -0.2) is 31.4 Å². The highest BCUT2D eigenvalue weighted by atomic mass is 32.2. The lowest BCUT2D eigenvalue weighted by Gasteiger charge is -2.17. The van der Waals surface area contributed by atoms with Crippen molar-refractivity contribution in [2.45, 2.75) is 38.2 Å². The van der Waals surface area contributed by atoms with E-state index in [0.29, 0.717) is 30.0 Å². The number of furan rings is 1. The van der Waals surface area contributed by atoms with Gasteiger partial charge in [0.25, 0.3) is 0 Å². The Morgan fingerprint density at radius 1 is 1.37 bits per heavy atom. The fourth-order valence-corrected chi connectivity index (χ4v) is 3.57. The molecule has 0 unspecified atom stereocenters. The van der Waals surface area contributed by atoms with Crippen LogP contribution in [0.2, 0.25) is 0 Å². The van der Waals surface area contributed by atoms with Gasteiger partial charge in [0.05, 0.1) is 6.61 Å². The molecular formula is C13H21NO4S. The molecule has 6 heteroatoms. The second-order valence-corrected chi connectivity index (χ2v) is 6.42. The maximum absolute atomic E-state index is 12.5. The van der Waals surface area contributed by atoms with Gasteiger partial charge in [-0.05, 0) is 26.7 Å². The molecule has 0 spiro atoms. The lowest BCUT2D eigenvalue weighted by molar-refractivity contribution is 0.276. The highest BCUT2D eigenvalue weighted by Gasteiger charge is 2.29. The minimum Gasteiger partial charge on any atom is -0.465 e. The van der Waals surface area contributed by atoms with Crippen molar-refractivity contribution in [3.63, 3.8) is 0 Å². The fourth-order valence-electron chi connectivity index (χ4n) is 1.96. The van der Waals surface area contributed by atoms with Crippen molar-refractivity contribution >= 4 is 10.0 Å². The summed E-state index contributed by atoms with van der Waals surface area (Å²) in [5.74, 6) is 0.759. The van der Waals surface area contributed by atoms with Gasteiger partial charge < -0.3 is 9.52 Å². The minimum absolute atomic E-state index is 0.0913. The number of unbranched alkanes of at least 4 members (excludes halogenated alkanes) is 1. The van der Waals surface area contributed by atoms with Gasteiger partial charge in [-0.3, -0.25) is 0 Å². The van der Waals surface area contributed by atoms with E-state index in [2.05, 4.69) is 6.58 Å². The van der Waals surface area contributed by atoms with Gasteiger partial charge in [0, 0.05) is 19.2 Å². The van der Waals surface area contributed by atoms with E-state index in [1.807, 2.05) is 0 Å². The molecule has 1 rings (SSSR count). The second kappa shape index (κ2) is 6.36. The van der Waals surface area contributed by atoms with E-state index in [-0.39, 0.29) is 11.5 Å². The van der Waals surface area contributed by atoms with Crippen molar-refractivity contribution in [2.75, 3.05) is 13.6 Å². The molecule has 0 saturated carbocycles. The quantitative estimate of drug-likeness (QED) is 0.615. The second-order valence-electron chi connectivity index (χ2n) is 4.44. The van der Waals surface area contributed by atoms with E-state index in [1.54, 1.807) is 19.9 Å². The Morgan fingerprint density at radius 2 is 2.00 bits per heavy atom. The minimum atomic E-state index is -3.63. The number of hydrogen-bond acceptors (Lipinski definition) is 4. The summed E-state index contributed by atoms with van der Waals surface area (Å²) < 4.78 is 31.5. The molecule has 0 aliphatic heterocycles. The predicted octanol–water partition coefficient (Wildman–Crippen LogP) is 1.98. The van der Waals surface area contributed by atoms with Gasteiger partial charge in [0.1, 0.15) is 16.4 Å². The molecule has 0 radical (unpaired) electrons. The Bertz CT molecular complexity index is 545. The number of aliphatic hydroxyl groups is 1. The average molecular weight is 287 g/mol. The summed E-state index contributed by atoms with van der Waals surface area (Å²) in [5.41, 5.74) is 0.341. The Hall–Kier alpha value is -1.11. The number of nitrogens with zero attached hydrogens (tertiary/aromatic N) is 1. The van der Waals surface area contributed by atoms with Crippen LogP contribution in [0, 0.1) is 13.8 Å². The summed E-state index contributed by atoms with van der Waals surface area (Å²) >= 11 is 0. The van der Waals surface area contributed by atoms with Crippen LogP contribution in [0.15, 0.2) is 22.0 Å². The molecular weight excluding hydrogens is 266 g/mol. The zero-order valence-electron chi connectivity index (χ0n) is 11.6. The van der Waals surface area contributed by atoms with Gasteiger partial charge in [0.15, 0.2) is 0 Å². The first-order valence-electron chi connectivity index (χ1n) is 6.13. The van der Waals surface area contributed by atoms with Gasteiger partial charge in [-0.2, -0.15) is 0 Å². The smallest absolute Gasteiger partial charge is 0.246 e. The monoisotopic (exact) mass is 287 g/mol. The summed E-state index contributed by atoms with van der Waals surface area (Å²) in [4.78, 5) is 0.0913. The molecule has 0 saturated heterocycles. The maximum atomic E-state index is 12.5. The SMILES string of the molecule is C=CCCCN(C)S(=O)(=O)c1c(C)oc(C)c1CO. The number of hydrogen-bond donors (Lipinski definition) is 1. The lowest BCUT2D eigenvalue weighted by atomic mass is 10.2. The average Bonchev–Trinajstić information content (AvgIpc) is 2.64. The van der Waals surface area contributed by atoms with Crippen molar-refractivity contribution in [3.05, 3.63) is 29.7 Å². The van der Waals surface area contributed by atoms with Crippen LogP contribution in [0.4, 0.5) is 0 Å². The molecule has 1 heterocycles. The summed E-state index contributed by atoms with van der Waals surface area (Å²) in [6.45, 7) is 6.91. The molecule has 0 aliphatic carbocycles. The van der Waals surface area contributed by atoms with Crippen LogP contribution in [0.1, 0.15) is 29.9 Å². The summed E-state index contributed by atoms with van der Waals surface area (Å²) in [6.07, 6.45) is 3.23. The normalized spacial score (nSPS) is 12.1. The number of aliphatic hydroxyl groups excluding tert-OH is 1. The first kappa shape index (κ1) is 15.9. The molecule has 5 nitrogen and oxygen atoms in total. The molecule has 0 aromatic carbocycles. The van der Waals surface area contributed by atoms with Gasteiger partial charge >= 0.3 is 0 Å². The molecule has 0 bridgehead atoms. The molecule has 1 aromatic rings. The number of allylic oxidation sites excluding steroid dienone is 1. The third kappa shape index (κ3) is 3.26.